The molecule has 20 heavy (non-hydrogen) atoms. The first-order chi connectivity index (χ1) is 9.58. The summed E-state index contributed by atoms with van der Waals surface area (Å²) in [5.41, 5.74) is 0. The summed E-state index contributed by atoms with van der Waals surface area (Å²) in [5.74, 6) is 0.686. The number of amides is 1. The minimum absolute atomic E-state index is 0.0870. The highest BCUT2D eigenvalue weighted by Gasteiger charge is 2.20. The SMILES string of the molecule is CC(C)C(O)CC(=O)Nc1ccnn1C1CCCCC1. The van der Waals surface area contributed by atoms with Crippen molar-refractivity contribution in [2.24, 2.45) is 5.92 Å². The summed E-state index contributed by atoms with van der Waals surface area (Å²) in [6.45, 7) is 3.81. The largest absolute Gasteiger partial charge is 0.392 e. The molecule has 2 N–H and O–H groups in total. The lowest BCUT2D eigenvalue weighted by Gasteiger charge is -2.24. The van der Waals surface area contributed by atoms with E-state index >= 15 is 0 Å². The maximum atomic E-state index is 11.9. The van der Waals surface area contributed by atoms with E-state index in [-0.39, 0.29) is 18.2 Å². The smallest absolute Gasteiger partial charge is 0.228 e. The van der Waals surface area contributed by atoms with Crippen LogP contribution < -0.4 is 5.32 Å². The van der Waals surface area contributed by atoms with E-state index in [4.69, 9.17) is 0 Å². The van der Waals surface area contributed by atoms with E-state index in [1.165, 1.54) is 19.3 Å². The molecule has 1 fully saturated rings. The number of nitrogens with zero attached hydrogens (tertiary/aromatic N) is 2. The number of aliphatic hydroxyl groups excluding tert-OH is 1. The molecule has 1 saturated carbocycles. The summed E-state index contributed by atoms with van der Waals surface area (Å²) in [4.78, 5) is 11.9. The third-order valence-electron chi connectivity index (χ3n) is 4.02. The van der Waals surface area contributed by atoms with Gasteiger partial charge in [-0.25, -0.2) is 4.68 Å². The maximum Gasteiger partial charge on any atom is 0.228 e. The van der Waals surface area contributed by atoms with Crippen molar-refractivity contribution in [2.45, 2.75) is 64.5 Å². The Morgan fingerprint density at radius 3 is 2.80 bits per heavy atom. The highest BCUT2D eigenvalue weighted by atomic mass is 16.3. The Labute approximate surface area is 120 Å². The number of aliphatic hydroxyl groups is 1. The number of anilines is 1. The van der Waals surface area contributed by atoms with Crippen LogP contribution in [0.5, 0.6) is 0 Å². The molecule has 0 spiro atoms. The van der Waals surface area contributed by atoms with Crippen LogP contribution in [0.2, 0.25) is 0 Å². The van der Waals surface area contributed by atoms with Crippen molar-refractivity contribution in [1.29, 1.82) is 0 Å². The van der Waals surface area contributed by atoms with E-state index in [2.05, 4.69) is 10.4 Å². The summed E-state index contributed by atoms with van der Waals surface area (Å²) >= 11 is 0. The molecule has 1 aliphatic carbocycles. The third kappa shape index (κ3) is 3.82. The molecule has 1 aliphatic rings. The zero-order valence-corrected chi connectivity index (χ0v) is 12.4. The molecule has 1 amide bonds. The van der Waals surface area contributed by atoms with Gasteiger partial charge < -0.3 is 10.4 Å². The molecule has 0 bridgehead atoms. The summed E-state index contributed by atoms with van der Waals surface area (Å²) in [6, 6.07) is 2.22. The van der Waals surface area contributed by atoms with Gasteiger partial charge in [-0.15, -0.1) is 0 Å². The molecule has 0 aliphatic heterocycles. The van der Waals surface area contributed by atoms with E-state index in [0.29, 0.717) is 6.04 Å². The van der Waals surface area contributed by atoms with Crippen molar-refractivity contribution in [1.82, 2.24) is 9.78 Å². The number of hydrogen-bond acceptors (Lipinski definition) is 3. The monoisotopic (exact) mass is 279 g/mol. The highest BCUT2D eigenvalue weighted by molar-refractivity contribution is 5.90. The van der Waals surface area contributed by atoms with Gasteiger partial charge in [0.05, 0.1) is 24.8 Å². The first-order valence-corrected chi connectivity index (χ1v) is 7.59. The van der Waals surface area contributed by atoms with E-state index in [0.717, 1.165) is 18.7 Å². The lowest BCUT2D eigenvalue weighted by atomic mass is 9.96. The van der Waals surface area contributed by atoms with Gasteiger partial charge in [0.1, 0.15) is 5.82 Å². The van der Waals surface area contributed by atoms with Crippen LogP contribution in [0.1, 0.15) is 58.4 Å². The maximum absolute atomic E-state index is 11.9. The Balaban J connectivity index is 1.96. The van der Waals surface area contributed by atoms with Gasteiger partial charge in [0.2, 0.25) is 5.91 Å². The van der Waals surface area contributed by atoms with Crippen LogP contribution in [0.25, 0.3) is 0 Å². The Hall–Kier alpha value is -1.36. The number of carbonyl (C=O) groups is 1. The highest BCUT2D eigenvalue weighted by Crippen LogP contribution is 2.29. The van der Waals surface area contributed by atoms with Crippen molar-refractivity contribution >= 4 is 11.7 Å². The quantitative estimate of drug-likeness (QED) is 0.871. The minimum atomic E-state index is -0.596. The summed E-state index contributed by atoms with van der Waals surface area (Å²) in [7, 11) is 0. The zero-order valence-electron chi connectivity index (χ0n) is 12.4. The Morgan fingerprint density at radius 1 is 1.45 bits per heavy atom. The van der Waals surface area contributed by atoms with Crippen LogP contribution in [0.3, 0.4) is 0 Å². The molecule has 0 radical (unpaired) electrons. The summed E-state index contributed by atoms with van der Waals surface area (Å²) in [6.07, 6.45) is 7.25. The van der Waals surface area contributed by atoms with Crippen LogP contribution in [-0.2, 0) is 4.79 Å². The van der Waals surface area contributed by atoms with Gasteiger partial charge in [0.15, 0.2) is 0 Å². The summed E-state index contributed by atoms with van der Waals surface area (Å²) in [5, 5.41) is 17.0. The molecule has 1 heterocycles. The van der Waals surface area contributed by atoms with Gasteiger partial charge in [0, 0.05) is 6.07 Å². The fourth-order valence-electron chi connectivity index (χ4n) is 2.65. The van der Waals surface area contributed by atoms with Gasteiger partial charge in [-0.05, 0) is 18.8 Å². The van der Waals surface area contributed by atoms with Crippen molar-refractivity contribution in [3.8, 4) is 0 Å². The number of aromatic nitrogens is 2. The Bertz CT molecular complexity index is 436. The summed E-state index contributed by atoms with van der Waals surface area (Å²) < 4.78 is 1.93. The average molecular weight is 279 g/mol. The van der Waals surface area contributed by atoms with Crippen molar-refractivity contribution in [2.75, 3.05) is 5.32 Å². The first kappa shape index (κ1) is 15.0. The molecule has 5 heteroatoms. The number of rotatable bonds is 5. The Morgan fingerprint density at radius 2 is 2.15 bits per heavy atom. The predicted octanol–water partition coefficient (Wildman–Crippen LogP) is 2.73. The van der Waals surface area contributed by atoms with Gasteiger partial charge in [0.25, 0.3) is 0 Å². The molecule has 1 aromatic rings. The van der Waals surface area contributed by atoms with E-state index in [1.54, 1.807) is 6.20 Å². The van der Waals surface area contributed by atoms with Gasteiger partial charge in [-0.1, -0.05) is 33.1 Å². The van der Waals surface area contributed by atoms with E-state index in [1.807, 2.05) is 24.6 Å². The molecule has 0 saturated heterocycles. The molecule has 1 atom stereocenters. The normalized spacial score (nSPS) is 18.2. The number of nitrogens with one attached hydrogen (secondary N) is 1. The first-order valence-electron chi connectivity index (χ1n) is 7.59. The van der Waals surface area contributed by atoms with Crippen LogP contribution in [0.15, 0.2) is 12.3 Å². The minimum Gasteiger partial charge on any atom is -0.392 e. The van der Waals surface area contributed by atoms with Crippen molar-refractivity contribution < 1.29 is 9.90 Å². The molecule has 1 unspecified atom stereocenters. The van der Waals surface area contributed by atoms with Crippen LogP contribution in [0, 0.1) is 5.92 Å². The van der Waals surface area contributed by atoms with Gasteiger partial charge >= 0.3 is 0 Å². The van der Waals surface area contributed by atoms with Crippen LogP contribution in [-0.4, -0.2) is 26.9 Å². The van der Waals surface area contributed by atoms with E-state index < -0.39 is 6.10 Å². The molecule has 0 aromatic carbocycles. The molecule has 2 rings (SSSR count). The molecule has 112 valence electrons. The molecular formula is C15H25N3O2. The van der Waals surface area contributed by atoms with Crippen LogP contribution >= 0.6 is 0 Å². The number of hydrogen-bond donors (Lipinski definition) is 2. The topological polar surface area (TPSA) is 67.2 Å². The molecule has 5 nitrogen and oxygen atoms in total. The second-order valence-electron chi connectivity index (χ2n) is 6.02. The third-order valence-corrected chi connectivity index (χ3v) is 4.02. The lowest BCUT2D eigenvalue weighted by molar-refractivity contribution is -0.118. The zero-order chi connectivity index (χ0) is 14.5. The lowest BCUT2D eigenvalue weighted by Crippen LogP contribution is -2.25. The second-order valence-corrected chi connectivity index (χ2v) is 6.02. The Kier molecular flexibility index (Phi) is 5.17. The average Bonchev–Trinajstić information content (AvgIpc) is 2.87. The fourth-order valence-corrected chi connectivity index (χ4v) is 2.65. The second kappa shape index (κ2) is 6.88. The fraction of sp³-hybridized carbons (Fsp3) is 0.733. The van der Waals surface area contributed by atoms with Crippen molar-refractivity contribution in [3.63, 3.8) is 0 Å². The van der Waals surface area contributed by atoms with Crippen molar-refractivity contribution in [3.05, 3.63) is 12.3 Å². The predicted molar refractivity (Wildman–Crippen MR) is 78.4 cm³/mol. The van der Waals surface area contributed by atoms with Crippen LogP contribution in [0.4, 0.5) is 5.82 Å². The molecule has 1 aromatic heterocycles. The van der Waals surface area contributed by atoms with Gasteiger partial charge in [-0.2, -0.15) is 5.10 Å². The van der Waals surface area contributed by atoms with E-state index in [9.17, 15) is 9.90 Å². The standard InChI is InChI=1S/C15H25N3O2/c1-11(2)13(19)10-15(20)17-14-8-9-16-18(14)12-6-4-3-5-7-12/h8-9,11-13,19H,3-7,10H2,1-2H3,(H,17,20). The molecular weight excluding hydrogens is 254 g/mol. The number of carbonyl (C=O) groups excluding carboxylic acids is 1. The van der Waals surface area contributed by atoms with Gasteiger partial charge in [-0.3, -0.25) is 4.79 Å².